The van der Waals surface area contributed by atoms with Crippen molar-refractivity contribution in [3.63, 3.8) is 0 Å². The molecule has 1 nitrogen and oxygen atoms in total. The maximum absolute atomic E-state index is 11.3. The molecule has 1 unspecified atom stereocenters. The second-order valence-corrected chi connectivity index (χ2v) is 6.87. The molecule has 12 heavy (non-hydrogen) atoms. The van der Waals surface area contributed by atoms with E-state index in [2.05, 4.69) is 6.92 Å². The van der Waals surface area contributed by atoms with Gasteiger partial charge in [0, 0.05) is 11.0 Å². The van der Waals surface area contributed by atoms with Gasteiger partial charge in [0.25, 0.3) is 0 Å². The highest BCUT2D eigenvalue weighted by Crippen LogP contribution is 2.29. The third kappa shape index (κ3) is 3.48. The summed E-state index contributed by atoms with van der Waals surface area (Å²) in [6, 6.07) is 0. The molecule has 0 aromatic rings. The van der Waals surface area contributed by atoms with Gasteiger partial charge in [0.1, 0.15) is 0 Å². The molecular formula is C9H18OS2. The van der Waals surface area contributed by atoms with E-state index in [1.54, 1.807) is 10.8 Å². The van der Waals surface area contributed by atoms with Gasteiger partial charge >= 0.3 is 0 Å². The molecule has 0 radical (unpaired) electrons. The molecule has 1 heterocycles. The van der Waals surface area contributed by atoms with Crippen molar-refractivity contribution in [2.45, 2.75) is 50.7 Å². The second-order valence-electron chi connectivity index (χ2n) is 3.34. The zero-order chi connectivity index (χ0) is 8.81. The van der Waals surface area contributed by atoms with E-state index >= 15 is 0 Å². The van der Waals surface area contributed by atoms with Gasteiger partial charge in [-0.25, -0.2) is 4.21 Å². The lowest BCUT2D eigenvalue weighted by Crippen LogP contribution is -2.05. The Labute approximate surface area is 81.6 Å². The number of rotatable bonds is 5. The van der Waals surface area contributed by atoms with Gasteiger partial charge < -0.3 is 0 Å². The average molecular weight is 206 g/mol. The predicted octanol–water partition coefficient (Wildman–Crippen LogP) is 3.13. The van der Waals surface area contributed by atoms with Crippen LogP contribution in [0.3, 0.4) is 0 Å². The zero-order valence-corrected chi connectivity index (χ0v) is 9.38. The van der Waals surface area contributed by atoms with Crippen molar-refractivity contribution >= 4 is 20.6 Å². The minimum absolute atomic E-state index is 0.520. The monoisotopic (exact) mass is 206 g/mol. The van der Waals surface area contributed by atoms with Crippen LogP contribution in [0.2, 0.25) is 0 Å². The molecule has 0 bridgehead atoms. The maximum Gasteiger partial charge on any atom is 0.0835 e. The molecule has 1 aliphatic heterocycles. The summed E-state index contributed by atoms with van der Waals surface area (Å²) in [7, 11) is 1.09. The van der Waals surface area contributed by atoms with Gasteiger partial charge in [-0.15, -0.1) is 0 Å². The highest BCUT2D eigenvalue weighted by atomic mass is 33.1. The van der Waals surface area contributed by atoms with Gasteiger partial charge in [-0.05, 0) is 12.8 Å². The molecule has 0 spiro atoms. The van der Waals surface area contributed by atoms with Crippen LogP contribution in [0.25, 0.3) is 0 Å². The fourth-order valence-electron chi connectivity index (χ4n) is 1.49. The maximum atomic E-state index is 11.3. The van der Waals surface area contributed by atoms with E-state index < -0.39 is 9.83 Å². The van der Waals surface area contributed by atoms with Crippen LogP contribution in [0.5, 0.6) is 0 Å². The van der Waals surface area contributed by atoms with Crippen molar-refractivity contribution in [1.82, 2.24) is 0 Å². The quantitative estimate of drug-likeness (QED) is 0.508. The van der Waals surface area contributed by atoms with Crippen LogP contribution in [-0.2, 0) is 9.83 Å². The van der Waals surface area contributed by atoms with E-state index in [4.69, 9.17) is 0 Å². The van der Waals surface area contributed by atoms with E-state index in [1.807, 2.05) is 0 Å². The molecule has 1 aliphatic rings. The molecule has 0 aliphatic carbocycles. The van der Waals surface area contributed by atoms with Crippen molar-refractivity contribution in [1.29, 1.82) is 0 Å². The molecule has 0 aromatic carbocycles. The first kappa shape index (κ1) is 10.6. The highest BCUT2D eigenvalue weighted by molar-refractivity contribution is 8.69. The molecular weight excluding hydrogens is 188 g/mol. The van der Waals surface area contributed by atoms with Crippen LogP contribution in [-0.4, -0.2) is 15.2 Å². The van der Waals surface area contributed by atoms with E-state index in [9.17, 15) is 4.21 Å². The van der Waals surface area contributed by atoms with Crippen molar-refractivity contribution in [3.05, 3.63) is 0 Å². The van der Waals surface area contributed by atoms with Crippen molar-refractivity contribution < 1.29 is 4.21 Å². The molecule has 0 N–H and O–H groups in total. The fraction of sp³-hybridized carbons (Fsp3) is 1.00. The first-order valence-electron chi connectivity index (χ1n) is 4.88. The minimum Gasteiger partial charge on any atom is -0.248 e. The second kappa shape index (κ2) is 6.03. The number of hydrogen-bond donors (Lipinski definition) is 0. The van der Waals surface area contributed by atoms with Crippen LogP contribution >= 0.6 is 10.8 Å². The lowest BCUT2D eigenvalue weighted by Gasteiger charge is -2.05. The molecule has 1 rings (SSSR count). The van der Waals surface area contributed by atoms with E-state index in [-0.39, 0.29) is 0 Å². The summed E-state index contributed by atoms with van der Waals surface area (Å²) in [5.74, 6) is 1.12. The molecule has 3 heteroatoms. The Morgan fingerprint density at radius 3 is 2.83 bits per heavy atom. The van der Waals surface area contributed by atoms with Gasteiger partial charge in [0.2, 0.25) is 0 Å². The molecule has 72 valence electrons. The normalized spacial score (nSPS) is 29.4. The van der Waals surface area contributed by atoms with E-state index in [0.29, 0.717) is 5.25 Å². The fourth-order valence-corrected chi connectivity index (χ4v) is 4.99. The topological polar surface area (TPSA) is 17.1 Å². The first-order chi connectivity index (χ1) is 5.84. The third-order valence-electron chi connectivity index (χ3n) is 2.29. The summed E-state index contributed by atoms with van der Waals surface area (Å²) in [6.07, 6.45) is 7.62. The Morgan fingerprint density at radius 1 is 1.42 bits per heavy atom. The SMILES string of the molecule is CCCCCC[C@@H]1CCSS1=O. The van der Waals surface area contributed by atoms with Crippen LogP contribution < -0.4 is 0 Å². The Bertz CT molecular complexity index is 147. The average Bonchev–Trinajstić information content (AvgIpc) is 2.46. The molecule has 1 fully saturated rings. The summed E-state index contributed by atoms with van der Waals surface area (Å²) in [5.41, 5.74) is 0. The van der Waals surface area contributed by atoms with Gasteiger partial charge in [-0.3, -0.25) is 0 Å². The Kier molecular flexibility index (Phi) is 5.32. The summed E-state index contributed by atoms with van der Waals surface area (Å²) in [4.78, 5) is 0. The lowest BCUT2D eigenvalue weighted by molar-refractivity contribution is 0.602. The molecule has 0 saturated carbocycles. The van der Waals surface area contributed by atoms with Crippen LogP contribution in [0.4, 0.5) is 0 Å². The predicted molar refractivity (Wildman–Crippen MR) is 57.8 cm³/mol. The number of hydrogen-bond acceptors (Lipinski definition) is 2. The lowest BCUT2D eigenvalue weighted by atomic mass is 10.1. The molecule has 1 saturated heterocycles. The van der Waals surface area contributed by atoms with Gasteiger partial charge in [-0.1, -0.05) is 43.4 Å². The zero-order valence-electron chi connectivity index (χ0n) is 7.75. The minimum atomic E-state index is -0.549. The van der Waals surface area contributed by atoms with Crippen molar-refractivity contribution in [3.8, 4) is 0 Å². The largest absolute Gasteiger partial charge is 0.248 e. The summed E-state index contributed by atoms with van der Waals surface area (Å²) in [5, 5.41) is 0.520. The molecule has 0 amide bonds. The number of unbranched alkanes of at least 4 members (excludes halogenated alkanes) is 3. The molecule has 2 atom stereocenters. The van der Waals surface area contributed by atoms with E-state index in [1.165, 1.54) is 38.5 Å². The first-order valence-corrected chi connectivity index (χ1v) is 7.60. The highest BCUT2D eigenvalue weighted by Gasteiger charge is 2.22. The summed E-state index contributed by atoms with van der Waals surface area (Å²) in [6.45, 7) is 2.23. The Morgan fingerprint density at radius 2 is 2.25 bits per heavy atom. The van der Waals surface area contributed by atoms with Gasteiger partial charge in [0.05, 0.1) is 9.83 Å². The van der Waals surface area contributed by atoms with Crippen molar-refractivity contribution in [2.75, 3.05) is 5.75 Å². The third-order valence-corrected chi connectivity index (χ3v) is 5.95. The van der Waals surface area contributed by atoms with Gasteiger partial charge in [0.15, 0.2) is 0 Å². The van der Waals surface area contributed by atoms with Crippen LogP contribution in [0, 0.1) is 0 Å². The Balaban J connectivity index is 2.02. The van der Waals surface area contributed by atoms with Gasteiger partial charge in [-0.2, -0.15) is 0 Å². The van der Waals surface area contributed by atoms with Crippen LogP contribution in [0.1, 0.15) is 45.4 Å². The van der Waals surface area contributed by atoms with E-state index in [0.717, 1.165) is 5.75 Å². The van der Waals surface area contributed by atoms with Crippen molar-refractivity contribution in [2.24, 2.45) is 0 Å². The summed E-state index contributed by atoms with van der Waals surface area (Å²) < 4.78 is 11.3. The van der Waals surface area contributed by atoms with Crippen LogP contribution in [0.15, 0.2) is 0 Å². The molecule has 0 aromatic heterocycles. The summed E-state index contributed by atoms with van der Waals surface area (Å²) >= 11 is 0. The Hall–Kier alpha value is 0.500. The standard InChI is InChI=1S/C9H18OS2/c1-2-3-4-5-6-9-7-8-11-12(9)10/h9H,2-8H2,1H3/t9-,12?/m1/s1. The smallest absolute Gasteiger partial charge is 0.0835 e.